The second-order valence-corrected chi connectivity index (χ2v) is 5.10. The zero-order valence-corrected chi connectivity index (χ0v) is 11.5. The number of carboxylic acid groups (broad SMARTS) is 3. The Morgan fingerprint density at radius 1 is 0.950 bits per heavy atom. The molecular formula is C11H17NO8-4. The summed E-state index contributed by atoms with van der Waals surface area (Å²) < 4.78 is 0.781. The van der Waals surface area contributed by atoms with Crippen LogP contribution >= 0.6 is 0 Å². The monoisotopic (exact) mass is 291 g/mol. The second kappa shape index (κ2) is 8.46. The van der Waals surface area contributed by atoms with Gasteiger partial charge in [-0.3, -0.25) is 0 Å². The van der Waals surface area contributed by atoms with Crippen molar-refractivity contribution < 1.29 is 44.4 Å². The Morgan fingerprint density at radius 2 is 1.30 bits per heavy atom. The lowest BCUT2D eigenvalue weighted by Gasteiger charge is -2.42. The molecule has 0 aliphatic rings. The smallest absolute Gasteiger partial charge is 0.0676 e. The van der Waals surface area contributed by atoms with Gasteiger partial charge < -0.3 is 44.4 Å². The van der Waals surface area contributed by atoms with Crippen molar-refractivity contribution in [1.82, 2.24) is 0 Å². The van der Waals surface area contributed by atoms with Crippen LogP contribution in [0.1, 0.15) is 12.8 Å². The predicted molar refractivity (Wildman–Crippen MR) is 54.8 cm³/mol. The Balaban J connectivity index is 0. The number of hydrogen-bond donors (Lipinski definition) is 0. The van der Waals surface area contributed by atoms with Crippen molar-refractivity contribution in [1.29, 1.82) is 0 Å². The standard InChI is InChI=1S/C6H7O7.C5H13NO/c7-3(8)1-6(13,5(11)12)2-4(9)10;1-6(2,3)4-5-7/h1-2H2,(H,7,8)(H,9,10)(H,11,12);4-5H2,1-3H3/q-1;/p-3. The molecule has 0 radical (unpaired) electrons. The summed E-state index contributed by atoms with van der Waals surface area (Å²) in [4.78, 5) is 29.9. The van der Waals surface area contributed by atoms with Crippen LogP contribution in [-0.2, 0) is 14.4 Å². The van der Waals surface area contributed by atoms with E-state index >= 15 is 0 Å². The number of rotatable bonds is 7. The Kier molecular flexibility index (Phi) is 8.71. The normalized spacial score (nSPS) is 11.2. The number of quaternary nitrogens is 1. The molecule has 0 aliphatic heterocycles. The van der Waals surface area contributed by atoms with E-state index in [-0.39, 0.29) is 6.61 Å². The van der Waals surface area contributed by atoms with Crippen molar-refractivity contribution in [3.63, 3.8) is 0 Å². The highest BCUT2D eigenvalue weighted by Crippen LogP contribution is 2.09. The van der Waals surface area contributed by atoms with Crippen molar-refractivity contribution in [2.45, 2.75) is 18.4 Å². The number of hydrogen-bond acceptors (Lipinski definition) is 8. The van der Waals surface area contributed by atoms with Gasteiger partial charge in [-0.2, -0.15) is 0 Å². The van der Waals surface area contributed by atoms with E-state index < -0.39 is 36.4 Å². The molecular weight excluding hydrogens is 274 g/mol. The third kappa shape index (κ3) is 11.4. The lowest BCUT2D eigenvalue weighted by atomic mass is 9.96. The summed E-state index contributed by atoms with van der Waals surface area (Å²) in [5.74, 6) is -6.22. The van der Waals surface area contributed by atoms with Crippen LogP contribution in [0.3, 0.4) is 0 Å². The number of carboxylic acids is 3. The lowest BCUT2D eigenvalue weighted by Crippen LogP contribution is -2.62. The molecule has 0 aromatic carbocycles. The Hall–Kier alpha value is -1.71. The van der Waals surface area contributed by atoms with Crippen molar-refractivity contribution >= 4 is 17.9 Å². The van der Waals surface area contributed by atoms with Gasteiger partial charge in [0.25, 0.3) is 0 Å². The maximum atomic E-state index is 10.9. The third-order valence-electron chi connectivity index (χ3n) is 1.99. The third-order valence-corrected chi connectivity index (χ3v) is 1.99. The van der Waals surface area contributed by atoms with Crippen LogP contribution in [0.15, 0.2) is 0 Å². The quantitative estimate of drug-likeness (QED) is 0.417. The molecule has 0 unspecified atom stereocenters. The van der Waals surface area contributed by atoms with Crippen molar-refractivity contribution in [2.75, 3.05) is 34.3 Å². The van der Waals surface area contributed by atoms with E-state index in [2.05, 4.69) is 0 Å². The molecule has 0 amide bonds. The van der Waals surface area contributed by atoms with E-state index in [0.717, 1.165) is 11.0 Å². The molecule has 0 fully saturated rings. The van der Waals surface area contributed by atoms with E-state index in [1.54, 1.807) is 0 Å². The molecule has 9 nitrogen and oxygen atoms in total. The van der Waals surface area contributed by atoms with E-state index in [0.29, 0.717) is 0 Å². The molecule has 118 valence electrons. The minimum atomic E-state index is -3.22. The van der Waals surface area contributed by atoms with Crippen LogP contribution in [-0.4, -0.2) is 62.3 Å². The van der Waals surface area contributed by atoms with Gasteiger partial charge in [0.1, 0.15) is 0 Å². The Labute approximate surface area is 116 Å². The fourth-order valence-corrected chi connectivity index (χ4v) is 0.947. The zero-order valence-electron chi connectivity index (χ0n) is 11.5. The fraction of sp³-hybridized carbons (Fsp3) is 0.727. The maximum Gasteiger partial charge on any atom is 0.0676 e. The molecule has 0 aromatic rings. The Bertz CT molecular complexity index is 331. The fourth-order valence-electron chi connectivity index (χ4n) is 0.947. The van der Waals surface area contributed by atoms with E-state index in [9.17, 15) is 39.9 Å². The van der Waals surface area contributed by atoms with Gasteiger partial charge >= 0.3 is 0 Å². The lowest BCUT2D eigenvalue weighted by molar-refractivity contribution is -0.875. The highest BCUT2D eigenvalue weighted by atomic mass is 16.4. The van der Waals surface area contributed by atoms with Crippen molar-refractivity contribution in [2.24, 2.45) is 0 Å². The number of likely N-dealkylation sites (N-methyl/N-ethyl adjacent to an activating group) is 1. The molecule has 0 saturated heterocycles. The molecule has 0 spiro atoms. The first-order valence-corrected chi connectivity index (χ1v) is 5.54. The molecule has 0 aromatic heterocycles. The molecule has 0 aliphatic carbocycles. The van der Waals surface area contributed by atoms with Crippen LogP contribution in [0.25, 0.3) is 0 Å². The van der Waals surface area contributed by atoms with Gasteiger partial charge in [0, 0.05) is 17.9 Å². The summed E-state index contributed by atoms with van der Waals surface area (Å²) in [5, 5.41) is 50.7. The second-order valence-electron chi connectivity index (χ2n) is 5.10. The highest BCUT2D eigenvalue weighted by Gasteiger charge is 2.18. The molecule has 0 bridgehead atoms. The minimum absolute atomic E-state index is 0.0312. The summed E-state index contributed by atoms with van der Waals surface area (Å²) in [7, 11) is 6.04. The van der Waals surface area contributed by atoms with Crippen LogP contribution in [0, 0.1) is 0 Å². The molecule has 0 heterocycles. The number of nitrogens with zero attached hydrogens (tertiary/aromatic N) is 1. The largest absolute Gasteiger partial charge is 0.850 e. The van der Waals surface area contributed by atoms with Gasteiger partial charge in [-0.25, -0.2) is 0 Å². The highest BCUT2D eigenvalue weighted by molar-refractivity contribution is 5.85. The van der Waals surface area contributed by atoms with Gasteiger partial charge in [-0.1, -0.05) is 12.2 Å². The van der Waals surface area contributed by atoms with Gasteiger partial charge in [0.15, 0.2) is 0 Å². The molecule has 9 heteroatoms. The zero-order chi connectivity index (χ0) is 16.6. The molecule has 0 N–H and O–H groups in total. The number of carbonyl (C=O) groups is 3. The average Bonchev–Trinajstić information content (AvgIpc) is 2.12. The van der Waals surface area contributed by atoms with Crippen LogP contribution < -0.4 is 25.5 Å². The van der Waals surface area contributed by atoms with E-state index in [4.69, 9.17) is 0 Å². The van der Waals surface area contributed by atoms with Gasteiger partial charge in [0.05, 0.1) is 27.7 Å². The number of aliphatic carboxylic acids is 3. The minimum Gasteiger partial charge on any atom is -0.850 e. The summed E-state index contributed by atoms with van der Waals surface area (Å²) >= 11 is 0. The first-order valence-electron chi connectivity index (χ1n) is 5.54. The molecule has 0 rings (SSSR count). The first-order chi connectivity index (χ1) is 8.84. The molecule has 0 saturated carbocycles. The van der Waals surface area contributed by atoms with Crippen LogP contribution in [0.2, 0.25) is 0 Å². The summed E-state index contributed by atoms with van der Waals surface area (Å²) in [6.45, 7) is 0.753. The average molecular weight is 291 g/mol. The Morgan fingerprint density at radius 3 is 1.40 bits per heavy atom. The summed E-state index contributed by atoms with van der Waals surface area (Å²) in [6, 6.07) is 0. The topological polar surface area (TPSA) is 167 Å². The van der Waals surface area contributed by atoms with Crippen LogP contribution in [0.5, 0.6) is 0 Å². The molecule has 0 atom stereocenters. The first kappa shape index (κ1) is 20.6. The van der Waals surface area contributed by atoms with Crippen LogP contribution in [0.4, 0.5) is 0 Å². The van der Waals surface area contributed by atoms with Gasteiger partial charge in [0.2, 0.25) is 0 Å². The summed E-state index contributed by atoms with van der Waals surface area (Å²) in [6.07, 6.45) is -2.94. The number of carbonyl (C=O) groups excluding carboxylic acids is 3. The summed E-state index contributed by atoms with van der Waals surface area (Å²) in [5.41, 5.74) is -3.22. The molecule has 20 heavy (non-hydrogen) atoms. The van der Waals surface area contributed by atoms with Gasteiger partial charge in [-0.15, -0.1) is 0 Å². The van der Waals surface area contributed by atoms with E-state index in [1.807, 2.05) is 21.1 Å². The maximum absolute atomic E-state index is 10.9. The van der Waals surface area contributed by atoms with Crippen molar-refractivity contribution in [3.05, 3.63) is 0 Å². The van der Waals surface area contributed by atoms with Crippen molar-refractivity contribution in [3.8, 4) is 0 Å². The van der Waals surface area contributed by atoms with E-state index in [1.165, 1.54) is 0 Å². The SMILES string of the molecule is C[N+](C)(C)CC[O-].O=C([O-])CC([O-])(CC(=O)[O-])C(=O)[O-]. The predicted octanol–water partition coefficient (Wildman–Crippen LogP) is -6.83. The van der Waals surface area contributed by atoms with Gasteiger partial charge in [-0.05, 0) is 12.8 Å².